The SMILES string of the molecule is CCOc1ccc(NC2=C(c3ccc(C)c(C)c3)C(=O)N(c3cccc(Cl)c3)C2=O)cc1. The molecule has 5 nitrogen and oxygen atoms in total. The van der Waals surface area contributed by atoms with Gasteiger partial charge < -0.3 is 10.1 Å². The lowest BCUT2D eigenvalue weighted by atomic mass is 9.99. The smallest absolute Gasteiger partial charge is 0.282 e. The van der Waals surface area contributed by atoms with Crippen LogP contribution in [0, 0.1) is 13.8 Å². The standard InChI is InChI=1S/C26H23ClN2O3/c1-4-32-22-12-10-20(11-13-22)28-24-23(18-9-8-16(2)17(3)14-18)25(30)29(26(24)31)21-7-5-6-19(27)15-21/h5-15,28H,4H2,1-3H3. The second-order valence-corrected chi connectivity index (χ2v) is 7.99. The van der Waals surface area contributed by atoms with Gasteiger partial charge in [0.2, 0.25) is 0 Å². The molecule has 0 aliphatic carbocycles. The van der Waals surface area contributed by atoms with Crippen molar-refractivity contribution in [3.05, 3.63) is 94.1 Å². The van der Waals surface area contributed by atoms with Crippen molar-refractivity contribution in [1.82, 2.24) is 0 Å². The van der Waals surface area contributed by atoms with Crippen LogP contribution in [-0.2, 0) is 9.59 Å². The lowest BCUT2D eigenvalue weighted by Gasteiger charge is -2.15. The van der Waals surface area contributed by atoms with Crippen molar-refractivity contribution < 1.29 is 14.3 Å². The Kier molecular flexibility index (Phi) is 6.01. The van der Waals surface area contributed by atoms with Crippen molar-refractivity contribution in [2.45, 2.75) is 20.8 Å². The van der Waals surface area contributed by atoms with E-state index in [2.05, 4.69) is 5.32 Å². The number of benzene rings is 3. The summed E-state index contributed by atoms with van der Waals surface area (Å²) in [5, 5.41) is 3.61. The summed E-state index contributed by atoms with van der Waals surface area (Å²) in [7, 11) is 0. The highest BCUT2D eigenvalue weighted by atomic mass is 35.5. The van der Waals surface area contributed by atoms with E-state index in [0.717, 1.165) is 21.8 Å². The maximum Gasteiger partial charge on any atom is 0.282 e. The number of hydrogen-bond acceptors (Lipinski definition) is 4. The molecule has 1 aliphatic heterocycles. The fourth-order valence-electron chi connectivity index (χ4n) is 3.61. The van der Waals surface area contributed by atoms with E-state index in [1.54, 1.807) is 24.3 Å². The quantitative estimate of drug-likeness (QED) is 0.489. The largest absolute Gasteiger partial charge is 0.494 e. The zero-order valence-corrected chi connectivity index (χ0v) is 18.9. The first kappa shape index (κ1) is 21.7. The van der Waals surface area contributed by atoms with Crippen molar-refractivity contribution >= 4 is 40.4 Å². The number of imide groups is 1. The molecule has 0 radical (unpaired) electrons. The van der Waals surface area contributed by atoms with E-state index in [-0.39, 0.29) is 5.70 Å². The number of nitrogens with zero attached hydrogens (tertiary/aromatic N) is 1. The molecule has 162 valence electrons. The maximum atomic E-state index is 13.5. The third kappa shape index (κ3) is 4.12. The Labute approximate surface area is 192 Å². The number of carbonyl (C=O) groups excluding carboxylic acids is 2. The van der Waals surface area contributed by atoms with Crippen LogP contribution >= 0.6 is 11.6 Å². The average Bonchev–Trinajstić information content (AvgIpc) is 3.01. The van der Waals surface area contributed by atoms with Gasteiger partial charge in [0, 0.05) is 10.7 Å². The molecule has 6 heteroatoms. The number of ether oxygens (including phenoxy) is 1. The topological polar surface area (TPSA) is 58.6 Å². The predicted molar refractivity (Wildman–Crippen MR) is 128 cm³/mol. The summed E-state index contributed by atoms with van der Waals surface area (Å²) >= 11 is 6.13. The lowest BCUT2D eigenvalue weighted by molar-refractivity contribution is -0.120. The number of aryl methyl sites for hydroxylation is 2. The number of rotatable bonds is 6. The Morgan fingerprint density at radius 3 is 2.31 bits per heavy atom. The van der Waals surface area contributed by atoms with Gasteiger partial charge in [0.1, 0.15) is 11.4 Å². The van der Waals surface area contributed by atoms with Crippen molar-refractivity contribution in [2.24, 2.45) is 0 Å². The number of hydrogen-bond donors (Lipinski definition) is 1. The van der Waals surface area contributed by atoms with Gasteiger partial charge in [-0.05, 0) is 79.9 Å². The van der Waals surface area contributed by atoms with Gasteiger partial charge in [-0.15, -0.1) is 0 Å². The molecular weight excluding hydrogens is 424 g/mol. The fraction of sp³-hybridized carbons (Fsp3) is 0.154. The van der Waals surface area contributed by atoms with Crippen LogP contribution in [0.3, 0.4) is 0 Å². The van der Waals surface area contributed by atoms with E-state index in [9.17, 15) is 9.59 Å². The van der Waals surface area contributed by atoms with Gasteiger partial charge >= 0.3 is 0 Å². The number of halogens is 1. The highest BCUT2D eigenvalue weighted by Crippen LogP contribution is 2.35. The van der Waals surface area contributed by atoms with Crippen LogP contribution in [-0.4, -0.2) is 18.4 Å². The van der Waals surface area contributed by atoms with E-state index < -0.39 is 11.8 Å². The molecule has 4 rings (SSSR count). The molecule has 2 amide bonds. The van der Waals surface area contributed by atoms with Gasteiger partial charge in [-0.25, -0.2) is 4.90 Å². The van der Waals surface area contributed by atoms with Crippen molar-refractivity contribution in [3.8, 4) is 5.75 Å². The minimum atomic E-state index is -0.431. The summed E-state index contributed by atoms with van der Waals surface area (Å²) in [6, 6.07) is 19.7. The monoisotopic (exact) mass is 446 g/mol. The third-order valence-electron chi connectivity index (χ3n) is 5.38. The van der Waals surface area contributed by atoms with E-state index >= 15 is 0 Å². The Morgan fingerprint density at radius 1 is 0.906 bits per heavy atom. The van der Waals surface area contributed by atoms with Crippen LogP contribution in [0.5, 0.6) is 5.75 Å². The van der Waals surface area contributed by atoms with Crippen LogP contribution in [0.15, 0.2) is 72.4 Å². The summed E-state index contributed by atoms with van der Waals surface area (Å²) in [6.45, 7) is 6.47. The number of amides is 2. The zero-order chi connectivity index (χ0) is 22.8. The van der Waals surface area contributed by atoms with Gasteiger partial charge in [-0.1, -0.05) is 35.9 Å². The Bertz CT molecular complexity index is 1230. The highest BCUT2D eigenvalue weighted by Gasteiger charge is 2.40. The van der Waals surface area contributed by atoms with Crippen LogP contribution in [0.1, 0.15) is 23.6 Å². The lowest BCUT2D eigenvalue weighted by Crippen LogP contribution is -2.32. The molecule has 0 fully saturated rings. The molecule has 32 heavy (non-hydrogen) atoms. The van der Waals surface area contributed by atoms with E-state index in [0.29, 0.717) is 34.1 Å². The summed E-state index contributed by atoms with van der Waals surface area (Å²) in [6.07, 6.45) is 0. The van der Waals surface area contributed by atoms with Crippen LogP contribution in [0.25, 0.3) is 5.57 Å². The Balaban J connectivity index is 1.79. The number of anilines is 2. The van der Waals surface area contributed by atoms with Gasteiger partial charge in [0.25, 0.3) is 11.8 Å². The predicted octanol–water partition coefficient (Wildman–Crippen LogP) is 5.75. The van der Waals surface area contributed by atoms with Gasteiger partial charge in [0.05, 0.1) is 17.9 Å². The average molecular weight is 447 g/mol. The van der Waals surface area contributed by atoms with Crippen molar-refractivity contribution in [2.75, 3.05) is 16.8 Å². The van der Waals surface area contributed by atoms with E-state index in [1.165, 1.54) is 0 Å². The van der Waals surface area contributed by atoms with Gasteiger partial charge in [0.15, 0.2) is 0 Å². The van der Waals surface area contributed by atoms with Crippen LogP contribution in [0.4, 0.5) is 11.4 Å². The number of carbonyl (C=O) groups is 2. The van der Waals surface area contributed by atoms with Gasteiger partial charge in [-0.3, -0.25) is 9.59 Å². The summed E-state index contributed by atoms with van der Waals surface area (Å²) in [5.41, 5.74) is 4.49. The minimum Gasteiger partial charge on any atom is -0.494 e. The molecule has 0 atom stereocenters. The molecule has 0 unspecified atom stereocenters. The molecule has 0 bridgehead atoms. The molecule has 0 saturated heterocycles. The number of nitrogens with one attached hydrogen (secondary N) is 1. The molecule has 3 aromatic carbocycles. The molecule has 0 spiro atoms. The molecule has 3 aromatic rings. The molecule has 0 aromatic heterocycles. The first-order valence-corrected chi connectivity index (χ1v) is 10.7. The zero-order valence-electron chi connectivity index (χ0n) is 18.1. The highest BCUT2D eigenvalue weighted by molar-refractivity contribution is 6.46. The third-order valence-corrected chi connectivity index (χ3v) is 5.62. The summed E-state index contributed by atoms with van der Waals surface area (Å²) in [5.74, 6) is -0.0934. The van der Waals surface area contributed by atoms with E-state index in [4.69, 9.17) is 16.3 Å². The molecule has 1 N–H and O–H groups in total. The molecule has 1 aliphatic rings. The second-order valence-electron chi connectivity index (χ2n) is 7.56. The molecular formula is C26H23ClN2O3. The van der Waals surface area contributed by atoms with Crippen LogP contribution in [0.2, 0.25) is 5.02 Å². The van der Waals surface area contributed by atoms with E-state index in [1.807, 2.05) is 63.2 Å². The van der Waals surface area contributed by atoms with Gasteiger partial charge in [-0.2, -0.15) is 0 Å². The first-order valence-electron chi connectivity index (χ1n) is 10.3. The normalized spacial score (nSPS) is 13.7. The minimum absolute atomic E-state index is 0.224. The molecule has 1 heterocycles. The molecule has 0 saturated carbocycles. The Morgan fingerprint density at radius 2 is 1.66 bits per heavy atom. The van der Waals surface area contributed by atoms with Crippen molar-refractivity contribution in [3.63, 3.8) is 0 Å². The Hall–Kier alpha value is -3.57. The second kappa shape index (κ2) is 8.89. The first-order chi connectivity index (χ1) is 15.4. The maximum absolute atomic E-state index is 13.5. The van der Waals surface area contributed by atoms with Crippen molar-refractivity contribution in [1.29, 1.82) is 0 Å². The summed E-state index contributed by atoms with van der Waals surface area (Å²) < 4.78 is 5.49. The fourth-order valence-corrected chi connectivity index (χ4v) is 3.79. The summed E-state index contributed by atoms with van der Waals surface area (Å²) in [4.78, 5) is 28.1. The van der Waals surface area contributed by atoms with Crippen LogP contribution < -0.4 is 15.0 Å².